The summed E-state index contributed by atoms with van der Waals surface area (Å²) in [5, 5.41) is 10.4. The maximum atomic E-state index is 14.1. The van der Waals surface area contributed by atoms with Crippen LogP contribution in [0.5, 0.6) is 0 Å². The van der Waals surface area contributed by atoms with Gasteiger partial charge in [0.05, 0.1) is 56.5 Å². The number of nitrogens with zero attached hydrogens (tertiary/aromatic N) is 6. The van der Waals surface area contributed by atoms with E-state index in [1.54, 1.807) is 30.3 Å². The average Bonchev–Trinajstić information content (AvgIpc) is 3.61. The minimum absolute atomic E-state index is 0.0202. The quantitative estimate of drug-likeness (QED) is 0.200. The zero-order valence-electron chi connectivity index (χ0n) is 27.2. The molecule has 2 amide bonds. The Morgan fingerprint density at radius 2 is 1.71 bits per heavy atom. The third kappa shape index (κ3) is 7.52. The van der Waals surface area contributed by atoms with Crippen molar-refractivity contribution in [2.75, 3.05) is 34.2 Å². The van der Waals surface area contributed by atoms with Crippen LogP contribution in [0.15, 0.2) is 65.6 Å². The highest BCUT2D eigenvalue weighted by Gasteiger charge is 2.33. The first kappa shape index (κ1) is 34.2. The van der Waals surface area contributed by atoms with E-state index in [2.05, 4.69) is 20.6 Å². The summed E-state index contributed by atoms with van der Waals surface area (Å²) >= 11 is 0. The molecule has 0 spiro atoms. The highest BCUT2D eigenvalue weighted by molar-refractivity contribution is 6.00. The van der Waals surface area contributed by atoms with Crippen molar-refractivity contribution in [3.8, 4) is 22.8 Å². The van der Waals surface area contributed by atoms with Crippen molar-refractivity contribution in [3.63, 3.8) is 0 Å². The van der Waals surface area contributed by atoms with Crippen LogP contribution < -0.4 is 16.2 Å². The molecule has 48 heavy (non-hydrogen) atoms. The number of benzene rings is 2. The third-order valence-corrected chi connectivity index (χ3v) is 8.41. The SMILES string of the molecule is [C-]#[N+]c1ccc(-n2nccc2-c2c(C(=O)NC3CCC(CNC(=O)C[N+](C)(C)C)CC3)c(=O)n(-c3cccc(C(F)(F)F)c3)n2C)cc1. The zero-order valence-corrected chi connectivity index (χ0v) is 27.2. The molecule has 1 fully saturated rings. The second-order valence-corrected chi connectivity index (χ2v) is 13.1. The lowest BCUT2D eigenvalue weighted by Gasteiger charge is -2.29. The topological polar surface area (TPSA) is 107 Å². The number of amides is 2. The molecule has 0 saturated heterocycles. The molecule has 0 aliphatic heterocycles. The fraction of sp³-hybridized carbons (Fsp3) is 0.382. The van der Waals surface area contributed by atoms with Gasteiger partial charge < -0.3 is 15.1 Å². The summed E-state index contributed by atoms with van der Waals surface area (Å²) < 4.78 is 45.4. The summed E-state index contributed by atoms with van der Waals surface area (Å²) in [5.74, 6) is -0.413. The molecule has 0 radical (unpaired) electrons. The molecule has 1 saturated carbocycles. The first-order valence-electron chi connectivity index (χ1n) is 15.6. The number of halogens is 3. The number of quaternary nitrogens is 1. The van der Waals surface area contributed by atoms with Crippen LogP contribution in [0.2, 0.25) is 0 Å². The van der Waals surface area contributed by atoms with Crippen molar-refractivity contribution < 1.29 is 27.2 Å². The van der Waals surface area contributed by atoms with Crippen LogP contribution in [0.3, 0.4) is 0 Å². The lowest BCUT2D eigenvalue weighted by molar-refractivity contribution is -0.862. The van der Waals surface area contributed by atoms with Gasteiger partial charge in [-0.25, -0.2) is 14.2 Å². The molecule has 2 heterocycles. The van der Waals surface area contributed by atoms with Crippen LogP contribution in [0.1, 0.15) is 41.6 Å². The molecule has 0 atom stereocenters. The largest absolute Gasteiger partial charge is 0.416 e. The van der Waals surface area contributed by atoms with Gasteiger partial charge in [-0.3, -0.25) is 19.1 Å². The summed E-state index contributed by atoms with van der Waals surface area (Å²) in [4.78, 5) is 43.8. The van der Waals surface area contributed by atoms with Gasteiger partial charge in [0, 0.05) is 19.6 Å². The molecule has 0 unspecified atom stereocenters. The van der Waals surface area contributed by atoms with Gasteiger partial charge in [0.1, 0.15) is 11.3 Å². The van der Waals surface area contributed by atoms with Crippen LogP contribution in [0.25, 0.3) is 27.6 Å². The lowest BCUT2D eigenvalue weighted by atomic mass is 9.86. The first-order valence-corrected chi connectivity index (χ1v) is 15.6. The second kappa shape index (κ2) is 13.5. The van der Waals surface area contributed by atoms with Crippen molar-refractivity contribution >= 4 is 17.5 Å². The van der Waals surface area contributed by atoms with Gasteiger partial charge in [0.15, 0.2) is 12.2 Å². The summed E-state index contributed by atoms with van der Waals surface area (Å²) in [6.07, 6.45) is -0.351. The maximum absolute atomic E-state index is 14.1. The Bertz CT molecular complexity index is 1900. The van der Waals surface area contributed by atoms with Crippen molar-refractivity contribution in [3.05, 3.63) is 93.7 Å². The summed E-state index contributed by atoms with van der Waals surface area (Å²) in [7, 11) is 7.34. The molecule has 4 aromatic rings. The van der Waals surface area contributed by atoms with Gasteiger partial charge in [-0.1, -0.05) is 18.2 Å². The minimum Gasteiger partial charge on any atom is -0.351 e. The van der Waals surface area contributed by atoms with Crippen LogP contribution in [-0.4, -0.2) is 75.7 Å². The van der Waals surface area contributed by atoms with Crippen molar-refractivity contribution in [1.29, 1.82) is 0 Å². The van der Waals surface area contributed by atoms with Crippen LogP contribution in [-0.2, 0) is 18.0 Å². The van der Waals surface area contributed by atoms with E-state index >= 15 is 0 Å². The van der Waals surface area contributed by atoms with E-state index in [0.29, 0.717) is 47.5 Å². The number of aromatic nitrogens is 4. The fourth-order valence-corrected chi connectivity index (χ4v) is 6.08. The van der Waals surface area contributed by atoms with Crippen molar-refractivity contribution in [1.82, 2.24) is 29.8 Å². The molecule has 14 heteroatoms. The molecule has 0 bridgehead atoms. The van der Waals surface area contributed by atoms with Gasteiger partial charge >= 0.3 is 6.18 Å². The molecule has 2 aromatic heterocycles. The normalized spacial score (nSPS) is 16.7. The molecule has 11 nitrogen and oxygen atoms in total. The highest BCUT2D eigenvalue weighted by atomic mass is 19.4. The summed E-state index contributed by atoms with van der Waals surface area (Å²) in [5.41, 5.74) is -0.520. The van der Waals surface area contributed by atoms with Crippen LogP contribution in [0, 0.1) is 12.5 Å². The first-order chi connectivity index (χ1) is 22.7. The van der Waals surface area contributed by atoms with E-state index < -0.39 is 23.2 Å². The van der Waals surface area contributed by atoms with Crippen molar-refractivity contribution in [2.24, 2.45) is 13.0 Å². The Kier molecular flexibility index (Phi) is 9.63. The molecule has 2 N–H and O–H groups in total. The number of likely N-dealkylation sites (N-methyl/N-ethyl adjacent to an activating group) is 1. The number of hydrogen-bond donors (Lipinski definition) is 2. The lowest BCUT2D eigenvalue weighted by Crippen LogP contribution is -2.46. The van der Waals surface area contributed by atoms with Crippen LogP contribution in [0.4, 0.5) is 18.9 Å². The Balaban J connectivity index is 1.46. The van der Waals surface area contributed by atoms with Gasteiger partial charge in [0.25, 0.3) is 17.4 Å². The number of nitrogens with one attached hydrogen (secondary N) is 2. The smallest absolute Gasteiger partial charge is 0.351 e. The predicted molar refractivity (Wildman–Crippen MR) is 174 cm³/mol. The summed E-state index contributed by atoms with van der Waals surface area (Å²) in [6, 6.07) is 12.3. The minimum atomic E-state index is -4.64. The van der Waals surface area contributed by atoms with Crippen molar-refractivity contribution in [2.45, 2.75) is 37.9 Å². The Labute approximate surface area is 276 Å². The van der Waals surface area contributed by atoms with E-state index in [1.165, 1.54) is 34.7 Å². The number of carbonyl (C=O) groups excluding carboxylic acids is 2. The van der Waals surface area contributed by atoms with E-state index in [1.807, 2.05) is 21.1 Å². The molecule has 2 aromatic carbocycles. The second-order valence-electron chi connectivity index (χ2n) is 13.1. The van der Waals surface area contributed by atoms with E-state index in [0.717, 1.165) is 29.7 Å². The monoisotopic (exact) mass is 663 g/mol. The fourth-order valence-electron chi connectivity index (χ4n) is 6.08. The molecular formula is C34H38F3N8O3+. The maximum Gasteiger partial charge on any atom is 0.416 e. The Hall–Kier alpha value is -5.16. The van der Waals surface area contributed by atoms with E-state index in [-0.39, 0.29) is 34.8 Å². The van der Waals surface area contributed by atoms with Crippen LogP contribution >= 0.6 is 0 Å². The highest BCUT2D eigenvalue weighted by Crippen LogP contribution is 2.32. The zero-order chi connectivity index (χ0) is 34.8. The number of alkyl halides is 3. The van der Waals surface area contributed by atoms with E-state index in [9.17, 15) is 27.6 Å². The van der Waals surface area contributed by atoms with Gasteiger partial charge in [-0.05, 0) is 68.0 Å². The van der Waals surface area contributed by atoms with Gasteiger partial charge in [0.2, 0.25) is 0 Å². The molecule has 1 aliphatic carbocycles. The standard InChI is InChI=1S/C34H37F3N8O3/c1-38-24-13-15-26(16-14-24)43-28(17-18-40-43)31-30(33(48)44(42(31)2)27-8-6-7-23(19-27)34(35,36)37)32(47)41-25-11-9-22(10-12-25)20-39-29(46)21-45(3,4)5/h6-8,13-19,22,25H,9-12,20-21H2,2-5H3,(H-,39,41,46,47)/p+1. The predicted octanol–water partition coefficient (Wildman–Crippen LogP) is 4.71. The van der Waals surface area contributed by atoms with Gasteiger partial charge in [-0.2, -0.15) is 18.3 Å². The molecule has 1 aliphatic rings. The van der Waals surface area contributed by atoms with E-state index in [4.69, 9.17) is 6.57 Å². The third-order valence-electron chi connectivity index (χ3n) is 8.41. The number of hydrogen-bond acceptors (Lipinski definition) is 4. The Morgan fingerprint density at radius 3 is 2.33 bits per heavy atom. The molecule has 5 rings (SSSR count). The van der Waals surface area contributed by atoms with Gasteiger partial charge in [-0.15, -0.1) is 0 Å². The number of carbonyl (C=O) groups is 2. The summed E-state index contributed by atoms with van der Waals surface area (Å²) in [6.45, 7) is 8.16. The molecule has 252 valence electrons. The molecular weight excluding hydrogens is 625 g/mol. The average molecular weight is 664 g/mol. The number of rotatable bonds is 9. The Morgan fingerprint density at radius 1 is 1.02 bits per heavy atom.